The third-order valence-electron chi connectivity index (χ3n) is 4.33. The molecule has 3 aliphatic rings. The highest BCUT2D eigenvalue weighted by atomic mass is 16.5. The van der Waals surface area contributed by atoms with Crippen molar-refractivity contribution in [3.63, 3.8) is 0 Å². The summed E-state index contributed by atoms with van der Waals surface area (Å²) in [5, 5.41) is 9.42. The van der Waals surface area contributed by atoms with E-state index in [4.69, 9.17) is 4.74 Å². The molecule has 3 rings (SSSR count). The van der Waals surface area contributed by atoms with E-state index in [-0.39, 0.29) is 0 Å². The van der Waals surface area contributed by atoms with E-state index in [1.54, 1.807) is 0 Å². The highest BCUT2D eigenvalue weighted by molar-refractivity contribution is 5.79. The van der Waals surface area contributed by atoms with Crippen LogP contribution in [0.3, 0.4) is 0 Å². The van der Waals surface area contributed by atoms with E-state index in [2.05, 4.69) is 4.90 Å². The summed E-state index contributed by atoms with van der Waals surface area (Å²) in [4.78, 5) is 13.6. The molecule has 2 aliphatic heterocycles. The molecule has 15 heavy (non-hydrogen) atoms. The molecular weight excluding hydrogens is 194 g/mol. The Bertz CT molecular complexity index is 284. The highest BCUT2D eigenvalue weighted by Gasteiger charge is 2.60. The lowest BCUT2D eigenvalue weighted by Gasteiger charge is -2.52. The molecule has 2 saturated heterocycles. The summed E-state index contributed by atoms with van der Waals surface area (Å²) in [6.45, 7) is 3.18. The summed E-state index contributed by atoms with van der Waals surface area (Å²) < 4.78 is 5.27. The van der Waals surface area contributed by atoms with Crippen molar-refractivity contribution < 1.29 is 14.6 Å². The molecule has 3 fully saturated rings. The monoisotopic (exact) mass is 211 g/mol. The van der Waals surface area contributed by atoms with Crippen molar-refractivity contribution in [2.24, 2.45) is 5.41 Å². The van der Waals surface area contributed by atoms with Gasteiger partial charge in [0.2, 0.25) is 0 Å². The Morgan fingerprint density at radius 2 is 1.73 bits per heavy atom. The number of carbonyl (C=O) groups is 1. The van der Waals surface area contributed by atoms with Crippen molar-refractivity contribution in [1.29, 1.82) is 0 Å². The minimum Gasteiger partial charge on any atom is -0.480 e. The number of nitrogens with zero attached hydrogens (tertiary/aromatic N) is 1. The Morgan fingerprint density at radius 1 is 1.13 bits per heavy atom. The van der Waals surface area contributed by atoms with Gasteiger partial charge in [0, 0.05) is 26.3 Å². The Hall–Kier alpha value is -0.610. The first-order chi connectivity index (χ1) is 7.17. The fourth-order valence-electron chi connectivity index (χ4n) is 2.93. The maximum Gasteiger partial charge on any atom is 0.324 e. The molecule has 0 atom stereocenters. The number of hydrogen-bond donors (Lipinski definition) is 1. The molecular formula is C11H17NO3. The van der Waals surface area contributed by atoms with E-state index < -0.39 is 11.5 Å². The lowest BCUT2D eigenvalue weighted by atomic mass is 9.81. The topological polar surface area (TPSA) is 49.8 Å². The van der Waals surface area contributed by atoms with Crippen molar-refractivity contribution in [2.45, 2.75) is 31.2 Å². The maximum atomic E-state index is 11.4. The van der Waals surface area contributed by atoms with Crippen LogP contribution in [0, 0.1) is 5.41 Å². The average molecular weight is 211 g/mol. The summed E-state index contributed by atoms with van der Waals surface area (Å²) in [5.74, 6) is -0.652. The molecule has 1 aliphatic carbocycles. The van der Waals surface area contributed by atoms with Gasteiger partial charge in [-0.2, -0.15) is 0 Å². The molecule has 0 amide bonds. The van der Waals surface area contributed by atoms with Crippen LogP contribution < -0.4 is 0 Å². The largest absolute Gasteiger partial charge is 0.480 e. The molecule has 2 heterocycles. The minimum absolute atomic E-state index is 0.529. The molecule has 84 valence electrons. The van der Waals surface area contributed by atoms with E-state index in [0.29, 0.717) is 31.5 Å². The quantitative estimate of drug-likeness (QED) is 0.731. The molecule has 0 unspecified atom stereocenters. The Kier molecular flexibility index (Phi) is 1.89. The van der Waals surface area contributed by atoms with Crippen molar-refractivity contribution >= 4 is 5.97 Å². The maximum absolute atomic E-state index is 11.4. The van der Waals surface area contributed by atoms with E-state index in [1.807, 2.05) is 0 Å². The molecule has 1 N–H and O–H groups in total. The lowest BCUT2D eigenvalue weighted by molar-refractivity contribution is -0.168. The van der Waals surface area contributed by atoms with Gasteiger partial charge in [0.15, 0.2) is 0 Å². The predicted molar refractivity (Wildman–Crippen MR) is 53.7 cm³/mol. The zero-order valence-electron chi connectivity index (χ0n) is 8.87. The number of aliphatic carboxylic acids is 1. The predicted octanol–water partition coefficient (Wildman–Crippen LogP) is 0.716. The summed E-state index contributed by atoms with van der Waals surface area (Å²) in [6, 6.07) is 0. The second kappa shape index (κ2) is 2.95. The fourth-order valence-corrected chi connectivity index (χ4v) is 2.93. The number of hydrogen-bond acceptors (Lipinski definition) is 3. The third kappa shape index (κ3) is 1.31. The van der Waals surface area contributed by atoms with Crippen LogP contribution in [-0.2, 0) is 9.53 Å². The van der Waals surface area contributed by atoms with E-state index in [0.717, 1.165) is 13.1 Å². The lowest BCUT2D eigenvalue weighted by Crippen LogP contribution is -2.66. The van der Waals surface area contributed by atoms with Gasteiger partial charge >= 0.3 is 5.97 Å². The highest BCUT2D eigenvalue weighted by Crippen LogP contribution is 2.55. The Morgan fingerprint density at radius 3 is 2.20 bits per heavy atom. The summed E-state index contributed by atoms with van der Waals surface area (Å²) in [6.07, 6.45) is 3.90. The molecule has 4 nitrogen and oxygen atoms in total. The van der Waals surface area contributed by atoms with Gasteiger partial charge < -0.3 is 9.84 Å². The number of likely N-dealkylation sites (tertiary alicyclic amines) is 1. The molecule has 1 saturated carbocycles. The van der Waals surface area contributed by atoms with Crippen LogP contribution in [-0.4, -0.2) is 47.8 Å². The van der Waals surface area contributed by atoms with Crippen LogP contribution in [0.1, 0.15) is 25.7 Å². The van der Waals surface area contributed by atoms with Crippen molar-refractivity contribution in [3.05, 3.63) is 0 Å². The first-order valence-electron chi connectivity index (χ1n) is 5.73. The standard InChI is InChI=1S/C11H17NO3/c13-9(14)11(3-5-15-6-4-11)12-7-10(8-12)1-2-10/h1-8H2,(H,13,14). The second-order valence-corrected chi connectivity index (χ2v) is 5.31. The minimum atomic E-state index is -0.652. The second-order valence-electron chi connectivity index (χ2n) is 5.31. The van der Waals surface area contributed by atoms with Gasteiger partial charge in [-0.3, -0.25) is 9.69 Å². The van der Waals surface area contributed by atoms with Crippen LogP contribution in [0.25, 0.3) is 0 Å². The van der Waals surface area contributed by atoms with Gasteiger partial charge in [0.05, 0.1) is 0 Å². The number of carboxylic acids is 1. The van der Waals surface area contributed by atoms with Crippen LogP contribution >= 0.6 is 0 Å². The van der Waals surface area contributed by atoms with Crippen molar-refractivity contribution in [2.75, 3.05) is 26.3 Å². The molecule has 0 aromatic carbocycles. The molecule has 0 aromatic rings. The first kappa shape index (κ1) is 9.60. The molecule has 0 bridgehead atoms. The van der Waals surface area contributed by atoms with Gasteiger partial charge in [-0.15, -0.1) is 0 Å². The van der Waals surface area contributed by atoms with Crippen LogP contribution in [0.15, 0.2) is 0 Å². The van der Waals surface area contributed by atoms with Crippen molar-refractivity contribution in [3.8, 4) is 0 Å². The molecule has 4 heteroatoms. The van der Waals surface area contributed by atoms with Gasteiger partial charge in [-0.25, -0.2) is 0 Å². The van der Waals surface area contributed by atoms with Crippen LogP contribution in [0.4, 0.5) is 0 Å². The molecule has 0 aromatic heterocycles. The smallest absolute Gasteiger partial charge is 0.324 e. The Balaban J connectivity index is 1.75. The summed E-state index contributed by atoms with van der Waals surface area (Å²) in [5.41, 5.74) is -0.0765. The molecule has 1 spiro atoms. The SMILES string of the molecule is O=C(O)C1(N2CC3(CC3)C2)CCOCC1. The Labute approximate surface area is 89.2 Å². The van der Waals surface area contributed by atoms with E-state index >= 15 is 0 Å². The zero-order chi connectivity index (χ0) is 10.5. The van der Waals surface area contributed by atoms with Gasteiger partial charge in [0.1, 0.15) is 5.54 Å². The van der Waals surface area contributed by atoms with Crippen LogP contribution in [0.5, 0.6) is 0 Å². The van der Waals surface area contributed by atoms with Gasteiger partial charge in [-0.1, -0.05) is 0 Å². The van der Waals surface area contributed by atoms with E-state index in [1.165, 1.54) is 12.8 Å². The third-order valence-corrected chi connectivity index (χ3v) is 4.33. The normalized spacial score (nSPS) is 32.3. The number of ether oxygens (including phenoxy) is 1. The van der Waals surface area contributed by atoms with E-state index in [9.17, 15) is 9.90 Å². The number of rotatable bonds is 2. The molecule has 0 radical (unpaired) electrons. The average Bonchev–Trinajstić information content (AvgIpc) is 2.96. The van der Waals surface area contributed by atoms with Gasteiger partial charge in [0.25, 0.3) is 0 Å². The summed E-state index contributed by atoms with van der Waals surface area (Å²) >= 11 is 0. The van der Waals surface area contributed by atoms with Gasteiger partial charge in [-0.05, 0) is 31.1 Å². The zero-order valence-corrected chi connectivity index (χ0v) is 8.87. The number of carboxylic acid groups (broad SMARTS) is 1. The van der Waals surface area contributed by atoms with Crippen LogP contribution in [0.2, 0.25) is 0 Å². The van der Waals surface area contributed by atoms with Crippen molar-refractivity contribution in [1.82, 2.24) is 4.90 Å². The summed E-state index contributed by atoms with van der Waals surface area (Å²) in [7, 11) is 0. The fraction of sp³-hybridized carbons (Fsp3) is 0.909. The first-order valence-corrected chi connectivity index (χ1v) is 5.73.